The van der Waals surface area contributed by atoms with Crippen molar-refractivity contribution in [1.82, 2.24) is 29.6 Å². The second kappa shape index (κ2) is 5.94. The molecule has 0 unspecified atom stereocenters. The molecule has 7 nitrogen and oxygen atoms in total. The topological polar surface area (TPSA) is 70.5 Å². The van der Waals surface area contributed by atoms with Crippen molar-refractivity contribution < 1.29 is 0 Å². The number of thioether (sulfide) groups is 1. The van der Waals surface area contributed by atoms with Crippen LogP contribution in [0, 0.1) is 0 Å². The summed E-state index contributed by atoms with van der Waals surface area (Å²) in [5, 5.41) is 13.2. The monoisotopic (exact) mass is 342 g/mol. The highest BCUT2D eigenvalue weighted by Crippen LogP contribution is 2.43. The summed E-state index contributed by atoms with van der Waals surface area (Å²) >= 11 is 1.67. The van der Waals surface area contributed by atoms with Crippen molar-refractivity contribution in [3.05, 3.63) is 52.1 Å². The third-order valence-corrected chi connectivity index (χ3v) is 5.15. The van der Waals surface area contributed by atoms with Gasteiger partial charge in [-0.1, -0.05) is 23.9 Å². The van der Waals surface area contributed by atoms with E-state index in [0.717, 1.165) is 22.0 Å². The molecule has 4 rings (SSSR count). The molecule has 2 heterocycles. The molecule has 1 aromatic carbocycles. The van der Waals surface area contributed by atoms with Gasteiger partial charge in [0.05, 0.1) is 5.69 Å². The summed E-state index contributed by atoms with van der Waals surface area (Å²) in [6.45, 7) is 0. The molecule has 0 radical (unpaired) electrons. The highest BCUT2D eigenvalue weighted by molar-refractivity contribution is 7.98. The van der Waals surface area contributed by atoms with Gasteiger partial charge in [-0.05, 0) is 52.4 Å². The smallest absolute Gasteiger partial charge is 0.275 e. The van der Waals surface area contributed by atoms with Crippen LogP contribution < -0.4 is 5.69 Å². The number of rotatable bonds is 5. The largest absolute Gasteiger partial charge is 0.368 e. The lowest BCUT2D eigenvalue weighted by Gasteiger charge is -2.13. The van der Waals surface area contributed by atoms with E-state index in [1.807, 2.05) is 31.4 Å². The maximum atomic E-state index is 12.3. The zero-order chi connectivity index (χ0) is 16.7. The molecule has 1 fully saturated rings. The van der Waals surface area contributed by atoms with Gasteiger partial charge in [-0.2, -0.15) is 14.5 Å². The Balaban J connectivity index is 1.74. The molecule has 24 heavy (non-hydrogen) atoms. The van der Waals surface area contributed by atoms with Crippen LogP contribution in [0.25, 0.3) is 5.69 Å². The van der Waals surface area contributed by atoms with Crippen LogP contribution >= 0.6 is 11.8 Å². The van der Waals surface area contributed by atoms with Crippen molar-refractivity contribution in [1.29, 1.82) is 0 Å². The van der Waals surface area contributed by atoms with Crippen LogP contribution in [0.15, 0.2) is 40.3 Å². The molecular formula is C16H18N6OS. The third kappa shape index (κ3) is 2.77. The van der Waals surface area contributed by atoms with E-state index in [-0.39, 0.29) is 5.69 Å². The van der Waals surface area contributed by atoms with Gasteiger partial charge in [0.25, 0.3) is 0 Å². The van der Waals surface area contributed by atoms with Gasteiger partial charge in [-0.3, -0.25) is 4.68 Å². The first kappa shape index (κ1) is 15.2. The van der Waals surface area contributed by atoms with Gasteiger partial charge >= 0.3 is 5.69 Å². The fourth-order valence-electron chi connectivity index (χ4n) is 2.81. The Bertz CT molecular complexity index is 936. The lowest BCUT2D eigenvalue weighted by Crippen LogP contribution is -2.23. The summed E-state index contributed by atoms with van der Waals surface area (Å²) in [6, 6.07) is 8.10. The van der Waals surface area contributed by atoms with Gasteiger partial charge in [-0.15, -0.1) is 0 Å². The zero-order valence-corrected chi connectivity index (χ0v) is 14.4. The Labute approximate surface area is 143 Å². The van der Waals surface area contributed by atoms with E-state index in [2.05, 4.69) is 21.6 Å². The van der Waals surface area contributed by atoms with Crippen molar-refractivity contribution in [3.8, 4) is 5.69 Å². The van der Waals surface area contributed by atoms with Gasteiger partial charge in [0.2, 0.25) is 0 Å². The Kier molecular flexibility index (Phi) is 3.76. The van der Waals surface area contributed by atoms with E-state index in [1.54, 1.807) is 23.5 Å². The van der Waals surface area contributed by atoms with Gasteiger partial charge in [0.15, 0.2) is 0 Å². The molecule has 3 aromatic rings. The van der Waals surface area contributed by atoms with Crippen LogP contribution in [0.2, 0.25) is 0 Å². The number of hydrogen-bond donors (Lipinski definition) is 0. The normalized spacial score (nSPS) is 14.2. The second-order valence-electron chi connectivity index (χ2n) is 6.03. The van der Waals surface area contributed by atoms with E-state index < -0.39 is 0 Å². The minimum absolute atomic E-state index is 0.230. The zero-order valence-electron chi connectivity index (χ0n) is 13.6. The maximum Gasteiger partial charge on any atom is 0.368 e. The van der Waals surface area contributed by atoms with Crippen molar-refractivity contribution in [2.75, 3.05) is 0 Å². The average molecular weight is 342 g/mol. The quantitative estimate of drug-likeness (QED) is 0.662. The highest BCUT2D eigenvalue weighted by atomic mass is 32.2. The summed E-state index contributed by atoms with van der Waals surface area (Å²) in [4.78, 5) is 12.3. The predicted octanol–water partition coefficient (Wildman–Crippen LogP) is 1.87. The van der Waals surface area contributed by atoms with Crippen molar-refractivity contribution in [3.63, 3.8) is 0 Å². The molecule has 1 aliphatic rings. The standard InChI is InChI=1S/C16H18N6OS/c1-20-9-8-15(17-20)24-10-13-12(11-6-7-11)4-3-5-14(13)22-16(23)21(2)18-19-22/h3-5,8-9,11H,6-7,10H2,1-2H3. The molecule has 0 atom stereocenters. The summed E-state index contributed by atoms with van der Waals surface area (Å²) in [6.07, 6.45) is 4.35. The number of nitrogens with zero attached hydrogens (tertiary/aromatic N) is 6. The fraction of sp³-hybridized carbons (Fsp3) is 0.375. The molecular weight excluding hydrogens is 324 g/mol. The van der Waals surface area contributed by atoms with Crippen LogP contribution in [-0.4, -0.2) is 29.6 Å². The van der Waals surface area contributed by atoms with Crippen LogP contribution in [-0.2, 0) is 19.8 Å². The SMILES string of the molecule is Cn1ccc(SCc2c(C3CC3)cccc2-n2nnn(C)c2=O)n1. The second-order valence-corrected chi connectivity index (χ2v) is 7.03. The number of hydrogen-bond acceptors (Lipinski definition) is 5. The van der Waals surface area contributed by atoms with E-state index in [0.29, 0.717) is 5.92 Å². The number of aromatic nitrogens is 6. The first-order valence-corrected chi connectivity index (χ1v) is 8.85. The Hall–Kier alpha value is -2.35. The van der Waals surface area contributed by atoms with Crippen molar-refractivity contribution >= 4 is 11.8 Å². The minimum atomic E-state index is -0.230. The highest BCUT2D eigenvalue weighted by Gasteiger charge is 2.28. The molecule has 124 valence electrons. The molecule has 8 heteroatoms. The van der Waals surface area contributed by atoms with E-state index in [9.17, 15) is 4.79 Å². The molecule has 0 aliphatic heterocycles. The van der Waals surface area contributed by atoms with Gasteiger partial charge in [-0.25, -0.2) is 4.79 Å². The average Bonchev–Trinajstić information content (AvgIpc) is 3.27. The maximum absolute atomic E-state index is 12.3. The Morgan fingerprint density at radius 3 is 2.67 bits per heavy atom. The van der Waals surface area contributed by atoms with Crippen LogP contribution in [0.1, 0.15) is 29.9 Å². The number of aryl methyl sites for hydroxylation is 2. The third-order valence-electron chi connectivity index (χ3n) is 4.21. The minimum Gasteiger partial charge on any atom is -0.275 e. The van der Waals surface area contributed by atoms with E-state index >= 15 is 0 Å². The van der Waals surface area contributed by atoms with Crippen molar-refractivity contribution in [2.45, 2.75) is 29.5 Å². The summed E-state index contributed by atoms with van der Waals surface area (Å²) in [5.41, 5.74) is 3.06. The first-order chi connectivity index (χ1) is 11.6. The van der Waals surface area contributed by atoms with Crippen molar-refractivity contribution in [2.24, 2.45) is 14.1 Å². The molecule has 1 saturated carbocycles. The van der Waals surface area contributed by atoms with E-state index in [4.69, 9.17) is 0 Å². The molecule has 0 N–H and O–H groups in total. The fourth-order valence-corrected chi connectivity index (χ4v) is 3.76. The molecule has 0 saturated heterocycles. The molecule has 2 aromatic heterocycles. The molecule has 1 aliphatic carbocycles. The molecule has 0 amide bonds. The van der Waals surface area contributed by atoms with Crippen LogP contribution in [0.3, 0.4) is 0 Å². The predicted molar refractivity (Wildman–Crippen MR) is 91.3 cm³/mol. The van der Waals surface area contributed by atoms with Gasteiger partial charge in [0.1, 0.15) is 5.03 Å². The lowest BCUT2D eigenvalue weighted by molar-refractivity contribution is 0.692. The summed E-state index contributed by atoms with van der Waals surface area (Å²) < 4.78 is 4.43. The molecule has 0 spiro atoms. The first-order valence-electron chi connectivity index (χ1n) is 7.87. The Morgan fingerprint density at radius 1 is 1.21 bits per heavy atom. The summed E-state index contributed by atoms with van der Waals surface area (Å²) in [7, 11) is 3.52. The van der Waals surface area contributed by atoms with Gasteiger partial charge in [0, 0.05) is 26.0 Å². The summed E-state index contributed by atoms with van der Waals surface area (Å²) in [5.74, 6) is 1.35. The van der Waals surface area contributed by atoms with E-state index in [1.165, 1.54) is 27.8 Å². The van der Waals surface area contributed by atoms with Gasteiger partial charge < -0.3 is 0 Å². The number of benzene rings is 1. The Morgan fingerprint density at radius 2 is 2.04 bits per heavy atom. The number of tetrazole rings is 1. The van der Waals surface area contributed by atoms with Crippen LogP contribution in [0.5, 0.6) is 0 Å². The lowest BCUT2D eigenvalue weighted by atomic mass is 10.0. The van der Waals surface area contributed by atoms with Crippen LogP contribution in [0.4, 0.5) is 0 Å². The molecule has 0 bridgehead atoms.